The summed E-state index contributed by atoms with van der Waals surface area (Å²) in [6.07, 6.45) is 9.27. The van der Waals surface area contributed by atoms with Crippen molar-refractivity contribution in [1.29, 1.82) is 0 Å². The monoisotopic (exact) mass is 655 g/mol. The molecule has 3 saturated heterocycles. The van der Waals surface area contributed by atoms with Crippen LogP contribution in [0.15, 0.2) is 37.1 Å². The number of aromatic nitrogens is 4. The quantitative estimate of drug-likeness (QED) is 0.226. The average Bonchev–Trinajstić information content (AvgIpc) is 3.77. The smallest absolute Gasteiger partial charge is 0.319 e. The molecule has 4 aromatic rings. The fraction of sp³-hybridized carbons (Fsp3) is 0.500. The number of aromatic amines is 1. The maximum Gasteiger partial charge on any atom is 0.319 e. The number of benzene rings is 2. The molecule has 0 unspecified atom stereocenters. The van der Waals surface area contributed by atoms with E-state index in [4.69, 9.17) is 31.0 Å². The second-order valence-corrected chi connectivity index (χ2v) is 14.2. The number of nitrogens with one attached hydrogen (secondary N) is 1. The normalized spacial score (nSPS) is 20.1. The molecular formula is C36H42ClN7O3. The number of likely N-dealkylation sites (tertiary alicyclic amines) is 2. The summed E-state index contributed by atoms with van der Waals surface area (Å²) >= 11 is 7.29. The third kappa shape index (κ3) is 5.59. The van der Waals surface area contributed by atoms with Crippen LogP contribution >= 0.6 is 11.6 Å². The summed E-state index contributed by atoms with van der Waals surface area (Å²) in [5, 5.41) is 9.91. The van der Waals surface area contributed by atoms with Crippen LogP contribution in [0.1, 0.15) is 51.0 Å². The fourth-order valence-electron chi connectivity index (χ4n) is 7.67. The van der Waals surface area contributed by atoms with Gasteiger partial charge in [-0.1, -0.05) is 31.2 Å². The molecule has 0 atom stereocenters. The molecule has 8 rings (SSSR count). The van der Waals surface area contributed by atoms with Crippen LogP contribution in [0, 0.1) is 12.3 Å². The first-order chi connectivity index (χ1) is 22.8. The summed E-state index contributed by atoms with van der Waals surface area (Å²) in [5.41, 5.74) is 4.74. The Morgan fingerprint density at radius 1 is 1.04 bits per heavy atom. The van der Waals surface area contributed by atoms with E-state index >= 15 is 0 Å². The van der Waals surface area contributed by atoms with Crippen molar-refractivity contribution in [2.45, 2.75) is 64.6 Å². The van der Waals surface area contributed by atoms with E-state index in [1.165, 1.54) is 6.08 Å². The number of rotatable bonds is 8. The molecule has 4 fully saturated rings. The van der Waals surface area contributed by atoms with Crippen molar-refractivity contribution in [3.8, 4) is 22.9 Å². The molecule has 1 spiro atoms. The standard InChI is InChI=1S/C36H42ClN7O3/c1-4-29(45)44-20-36(21-44)12-16-43(17-13-36)34-25-18-27(37)31(30-22(3)6-9-28-26(30)19-38-41-28)33(46-23-7-8-23)32(25)39-35(40-34)47-24-10-14-42(5-2)15-11-24/h4,6,9,18-19,23-24H,1,5,7-8,10-17,20-21H2,2-3H3,(H,38,41). The van der Waals surface area contributed by atoms with E-state index in [2.05, 4.69) is 46.5 Å². The van der Waals surface area contributed by atoms with Crippen molar-refractivity contribution in [2.24, 2.45) is 5.41 Å². The minimum Gasteiger partial charge on any atom is -0.487 e. The largest absolute Gasteiger partial charge is 0.487 e. The van der Waals surface area contributed by atoms with Crippen molar-refractivity contribution >= 4 is 45.1 Å². The van der Waals surface area contributed by atoms with Crippen LogP contribution in [-0.2, 0) is 4.79 Å². The van der Waals surface area contributed by atoms with Crippen LogP contribution in [-0.4, -0.2) is 93.9 Å². The summed E-state index contributed by atoms with van der Waals surface area (Å²) in [6.45, 7) is 14.2. The van der Waals surface area contributed by atoms with Crippen LogP contribution < -0.4 is 14.4 Å². The van der Waals surface area contributed by atoms with E-state index in [-0.39, 0.29) is 23.5 Å². The van der Waals surface area contributed by atoms with Gasteiger partial charge in [-0.2, -0.15) is 15.1 Å². The fourth-order valence-corrected chi connectivity index (χ4v) is 7.96. The summed E-state index contributed by atoms with van der Waals surface area (Å²) in [5.74, 6) is 1.53. The van der Waals surface area contributed by atoms with Gasteiger partial charge in [0.05, 0.1) is 22.8 Å². The van der Waals surface area contributed by atoms with E-state index < -0.39 is 0 Å². The summed E-state index contributed by atoms with van der Waals surface area (Å²) in [4.78, 5) is 29.1. The Labute approximate surface area is 280 Å². The van der Waals surface area contributed by atoms with Gasteiger partial charge in [-0.05, 0) is 75.8 Å². The molecule has 1 saturated carbocycles. The molecule has 0 radical (unpaired) electrons. The van der Waals surface area contributed by atoms with Crippen molar-refractivity contribution in [3.05, 3.63) is 47.6 Å². The molecule has 1 aliphatic carbocycles. The number of ether oxygens (including phenoxy) is 2. The summed E-state index contributed by atoms with van der Waals surface area (Å²) in [7, 11) is 0. The van der Waals surface area contributed by atoms with E-state index in [9.17, 15) is 4.79 Å². The number of amides is 1. The first-order valence-electron chi connectivity index (χ1n) is 17.0. The zero-order valence-corrected chi connectivity index (χ0v) is 28.0. The van der Waals surface area contributed by atoms with E-state index in [1.807, 2.05) is 23.2 Å². The highest BCUT2D eigenvalue weighted by atomic mass is 35.5. The Morgan fingerprint density at radius 2 is 1.79 bits per heavy atom. The molecule has 1 N–H and O–H groups in total. The molecular weight excluding hydrogens is 614 g/mol. The van der Waals surface area contributed by atoms with Gasteiger partial charge in [0.15, 0.2) is 5.75 Å². The SMILES string of the molecule is C=CC(=O)N1CC2(CCN(c3nc(OC4CCN(CC)CC4)nc4c(OC5CC5)c(-c5c(C)ccc6[nH]ncc56)c(Cl)cc34)CC2)C1. The highest BCUT2D eigenvalue weighted by molar-refractivity contribution is 6.35. The Kier molecular flexibility index (Phi) is 7.75. The zero-order valence-electron chi connectivity index (χ0n) is 27.2. The predicted molar refractivity (Wildman–Crippen MR) is 184 cm³/mol. The highest BCUT2D eigenvalue weighted by Crippen LogP contribution is 2.49. The molecule has 0 bridgehead atoms. The first-order valence-corrected chi connectivity index (χ1v) is 17.4. The summed E-state index contributed by atoms with van der Waals surface area (Å²) < 4.78 is 13.4. The number of halogens is 1. The van der Waals surface area contributed by atoms with Gasteiger partial charge in [0, 0.05) is 66.6 Å². The lowest BCUT2D eigenvalue weighted by atomic mass is 9.72. The molecule has 4 aliphatic rings. The number of aryl methyl sites for hydroxylation is 1. The Balaban J connectivity index is 1.23. The minimum absolute atomic E-state index is 0.0152. The number of H-pyrrole nitrogens is 1. The van der Waals surface area contributed by atoms with Crippen molar-refractivity contribution in [2.75, 3.05) is 50.7 Å². The average molecular weight is 656 g/mol. The third-order valence-electron chi connectivity index (χ3n) is 10.7. The maximum absolute atomic E-state index is 12.2. The molecule has 5 heterocycles. The molecule has 10 nitrogen and oxygen atoms in total. The number of carbonyl (C=O) groups excluding carboxylic acids is 1. The molecule has 3 aliphatic heterocycles. The van der Waals surface area contributed by atoms with E-state index in [0.29, 0.717) is 16.8 Å². The number of nitrogens with zero attached hydrogens (tertiary/aromatic N) is 6. The molecule has 2 aromatic carbocycles. The molecule has 246 valence electrons. The summed E-state index contributed by atoms with van der Waals surface area (Å²) in [6, 6.07) is 6.54. The first kappa shape index (κ1) is 30.4. The van der Waals surface area contributed by atoms with Crippen LogP contribution in [0.5, 0.6) is 11.8 Å². The van der Waals surface area contributed by atoms with Crippen molar-refractivity contribution in [3.63, 3.8) is 0 Å². The third-order valence-corrected chi connectivity index (χ3v) is 11.0. The topological polar surface area (TPSA) is 99.7 Å². The van der Waals surface area contributed by atoms with Crippen LogP contribution in [0.25, 0.3) is 32.9 Å². The Morgan fingerprint density at radius 3 is 2.49 bits per heavy atom. The molecule has 1 amide bonds. The Bertz CT molecular complexity index is 1850. The number of anilines is 1. The van der Waals surface area contributed by atoms with Crippen LogP contribution in [0.2, 0.25) is 5.02 Å². The lowest BCUT2D eigenvalue weighted by Gasteiger charge is -2.54. The number of carbonyl (C=O) groups is 1. The van der Waals surface area contributed by atoms with Crippen molar-refractivity contribution in [1.82, 2.24) is 30.0 Å². The molecule has 2 aromatic heterocycles. The second-order valence-electron chi connectivity index (χ2n) is 13.8. The second kappa shape index (κ2) is 12.0. The van der Waals surface area contributed by atoms with Crippen LogP contribution in [0.4, 0.5) is 5.82 Å². The van der Waals surface area contributed by atoms with Crippen molar-refractivity contribution < 1.29 is 14.3 Å². The van der Waals surface area contributed by atoms with E-state index in [1.54, 1.807) is 0 Å². The lowest BCUT2D eigenvalue weighted by Crippen LogP contribution is -2.61. The number of hydrogen-bond donors (Lipinski definition) is 1. The van der Waals surface area contributed by atoms with Gasteiger partial charge in [-0.25, -0.2) is 0 Å². The van der Waals surface area contributed by atoms with Gasteiger partial charge >= 0.3 is 6.01 Å². The maximum atomic E-state index is 12.2. The van der Waals surface area contributed by atoms with Gasteiger partial charge in [0.2, 0.25) is 5.91 Å². The zero-order chi connectivity index (χ0) is 32.3. The van der Waals surface area contributed by atoms with E-state index in [0.717, 1.165) is 129 Å². The molecule has 11 heteroatoms. The number of piperidine rings is 2. The van der Waals surface area contributed by atoms with Gasteiger partial charge in [-0.15, -0.1) is 0 Å². The predicted octanol–water partition coefficient (Wildman–Crippen LogP) is 6.15. The molecule has 47 heavy (non-hydrogen) atoms. The van der Waals surface area contributed by atoms with Gasteiger partial charge in [0.25, 0.3) is 0 Å². The number of fused-ring (bicyclic) bond motifs is 2. The minimum atomic E-state index is 0.0152. The van der Waals surface area contributed by atoms with Gasteiger partial charge in [-0.3, -0.25) is 9.89 Å². The lowest BCUT2D eigenvalue weighted by molar-refractivity contribution is -0.139. The Hall–Kier alpha value is -3.89. The van der Waals surface area contributed by atoms with Crippen LogP contribution in [0.3, 0.4) is 0 Å². The highest BCUT2D eigenvalue weighted by Gasteiger charge is 2.46. The van der Waals surface area contributed by atoms with Gasteiger partial charge < -0.3 is 24.2 Å². The van der Waals surface area contributed by atoms with Gasteiger partial charge in [0.1, 0.15) is 17.4 Å². The number of hydrogen-bond acceptors (Lipinski definition) is 8.